The smallest absolute Gasteiger partial charge is 0.228 e. The summed E-state index contributed by atoms with van der Waals surface area (Å²) in [6.45, 7) is 3.76. The summed E-state index contributed by atoms with van der Waals surface area (Å²) >= 11 is 0. The van der Waals surface area contributed by atoms with Gasteiger partial charge in [0.25, 0.3) is 0 Å². The maximum atomic E-state index is 5.77. The number of benzene rings is 1. The molecule has 0 atom stereocenters. The summed E-state index contributed by atoms with van der Waals surface area (Å²) in [4.78, 5) is 13.0. The third kappa shape index (κ3) is 1.67. The first-order chi connectivity index (χ1) is 9.69. The normalized spacial score (nSPS) is 11.5. The number of hydrogen-bond acceptors (Lipinski definition) is 5. The van der Waals surface area contributed by atoms with Crippen molar-refractivity contribution in [1.82, 2.24) is 15.0 Å². The SMILES string of the molecule is Cc1ccc(-c2nc3cc4nc(C)oc4cc3o2)cn1. The number of fused-ring (bicyclic) bond motifs is 2. The zero-order chi connectivity index (χ0) is 13.7. The van der Waals surface area contributed by atoms with Crippen LogP contribution in [0, 0.1) is 13.8 Å². The lowest BCUT2D eigenvalue weighted by molar-refractivity contribution is 0.560. The van der Waals surface area contributed by atoms with Gasteiger partial charge in [0.2, 0.25) is 5.89 Å². The minimum atomic E-state index is 0.553. The monoisotopic (exact) mass is 265 g/mol. The van der Waals surface area contributed by atoms with Gasteiger partial charge >= 0.3 is 0 Å². The van der Waals surface area contributed by atoms with Crippen molar-refractivity contribution in [2.45, 2.75) is 13.8 Å². The van der Waals surface area contributed by atoms with Crippen LogP contribution in [-0.2, 0) is 0 Å². The third-order valence-electron chi connectivity index (χ3n) is 3.16. The lowest BCUT2D eigenvalue weighted by Gasteiger charge is -1.94. The van der Waals surface area contributed by atoms with Gasteiger partial charge in [-0.25, -0.2) is 9.97 Å². The van der Waals surface area contributed by atoms with Crippen LogP contribution in [0.25, 0.3) is 33.7 Å². The van der Waals surface area contributed by atoms with Crippen molar-refractivity contribution in [2.75, 3.05) is 0 Å². The van der Waals surface area contributed by atoms with E-state index < -0.39 is 0 Å². The van der Waals surface area contributed by atoms with E-state index in [1.165, 1.54) is 0 Å². The van der Waals surface area contributed by atoms with Gasteiger partial charge in [0.05, 0.1) is 5.56 Å². The lowest BCUT2D eigenvalue weighted by Crippen LogP contribution is -1.82. The lowest BCUT2D eigenvalue weighted by atomic mass is 10.2. The molecule has 0 aliphatic heterocycles. The highest BCUT2D eigenvalue weighted by Gasteiger charge is 2.12. The highest BCUT2D eigenvalue weighted by Crippen LogP contribution is 2.27. The van der Waals surface area contributed by atoms with Gasteiger partial charge in [-0.3, -0.25) is 4.98 Å². The van der Waals surface area contributed by atoms with Crippen molar-refractivity contribution in [3.63, 3.8) is 0 Å². The molecule has 0 unspecified atom stereocenters. The largest absolute Gasteiger partial charge is 0.441 e. The quantitative estimate of drug-likeness (QED) is 0.525. The van der Waals surface area contributed by atoms with E-state index in [-0.39, 0.29) is 0 Å². The molecule has 0 spiro atoms. The predicted octanol–water partition coefficient (Wildman–Crippen LogP) is 3.65. The Balaban J connectivity index is 1.91. The van der Waals surface area contributed by atoms with Crippen molar-refractivity contribution >= 4 is 22.2 Å². The van der Waals surface area contributed by atoms with E-state index in [1.807, 2.05) is 38.1 Å². The second-order valence-corrected chi connectivity index (χ2v) is 4.73. The molecule has 0 bridgehead atoms. The highest BCUT2D eigenvalue weighted by molar-refractivity contribution is 5.90. The van der Waals surface area contributed by atoms with Crippen LogP contribution in [0.1, 0.15) is 11.6 Å². The van der Waals surface area contributed by atoms with E-state index in [2.05, 4.69) is 15.0 Å². The molecule has 5 nitrogen and oxygen atoms in total. The number of rotatable bonds is 1. The first-order valence-corrected chi connectivity index (χ1v) is 6.30. The maximum Gasteiger partial charge on any atom is 0.228 e. The number of oxazole rings is 2. The van der Waals surface area contributed by atoms with E-state index in [0.29, 0.717) is 22.9 Å². The van der Waals surface area contributed by atoms with Crippen LogP contribution in [0.4, 0.5) is 0 Å². The third-order valence-corrected chi connectivity index (χ3v) is 3.16. The van der Waals surface area contributed by atoms with Crippen LogP contribution >= 0.6 is 0 Å². The first-order valence-electron chi connectivity index (χ1n) is 6.30. The molecule has 0 aliphatic rings. The summed E-state index contributed by atoms with van der Waals surface area (Å²) in [5, 5.41) is 0. The number of aryl methyl sites for hydroxylation is 2. The number of aromatic nitrogens is 3. The Bertz CT molecular complexity index is 869. The molecular formula is C15H11N3O2. The molecule has 20 heavy (non-hydrogen) atoms. The second-order valence-electron chi connectivity index (χ2n) is 4.73. The Morgan fingerprint density at radius 3 is 2.50 bits per heavy atom. The molecule has 0 N–H and O–H groups in total. The Hall–Kier alpha value is -2.69. The van der Waals surface area contributed by atoms with E-state index in [9.17, 15) is 0 Å². The Morgan fingerprint density at radius 1 is 0.900 bits per heavy atom. The zero-order valence-electron chi connectivity index (χ0n) is 11.0. The predicted molar refractivity (Wildman–Crippen MR) is 74.3 cm³/mol. The van der Waals surface area contributed by atoms with Crippen LogP contribution in [0.5, 0.6) is 0 Å². The fraction of sp³-hybridized carbons (Fsp3) is 0.133. The van der Waals surface area contributed by atoms with Gasteiger partial charge in [-0.15, -0.1) is 0 Å². The van der Waals surface area contributed by atoms with E-state index in [1.54, 1.807) is 6.20 Å². The van der Waals surface area contributed by atoms with Crippen molar-refractivity contribution in [3.8, 4) is 11.5 Å². The number of hydrogen-bond donors (Lipinski definition) is 0. The van der Waals surface area contributed by atoms with Gasteiger partial charge < -0.3 is 8.83 Å². The number of pyridine rings is 1. The van der Waals surface area contributed by atoms with Crippen molar-refractivity contribution in [2.24, 2.45) is 0 Å². The average molecular weight is 265 g/mol. The Labute approximate surface area is 114 Å². The van der Waals surface area contributed by atoms with E-state index in [4.69, 9.17) is 8.83 Å². The molecule has 0 aliphatic carbocycles. The molecule has 0 amide bonds. The van der Waals surface area contributed by atoms with E-state index >= 15 is 0 Å². The molecule has 98 valence electrons. The summed E-state index contributed by atoms with van der Waals surface area (Å²) in [6.07, 6.45) is 1.76. The molecule has 0 radical (unpaired) electrons. The molecule has 4 rings (SSSR count). The van der Waals surface area contributed by atoms with Crippen molar-refractivity contribution in [1.29, 1.82) is 0 Å². The fourth-order valence-electron chi connectivity index (χ4n) is 2.18. The molecule has 0 saturated carbocycles. The first kappa shape index (κ1) is 11.2. The van der Waals surface area contributed by atoms with Gasteiger partial charge in [0.15, 0.2) is 17.1 Å². The van der Waals surface area contributed by atoms with Crippen LogP contribution in [0.3, 0.4) is 0 Å². The zero-order valence-corrected chi connectivity index (χ0v) is 11.0. The Kier molecular flexibility index (Phi) is 2.18. The van der Waals surface area contributed by atoms with Crippen LogP contribution in [-0.4, -0.2) is 15.0 Å². The molecule has 3 aromatic heterocycles. The maximum absolute atomic E-state index is 5.77. The second kappa shape index (κ2) is 3.90. The molecule has 0 saturated heterocycles. The van der Waals surface area contributed by atoms with Gasteiger partial charge in [-0.1, -0.05) is 0 Å². The van der Waals surface area contributed by atoms with Gasteiger partial charge in [0.1, 0.15) is 11.0 Å². The van der Waals surface area contributed by atoms with E-state index in [0.717, 1.165) is 22.3 Å². The van der Waals surface area contributed by atoms with Crippen LogP contribution < -0.4 is 0 Å². The minimum absolute atomic E-state index is 0.553. The van der Waals surface area contributed by atoms with Crippen LogP contribution in [0.2, 0.25) is 0 Å². The Morgan fingerprint density at radius 2 is 1.70 bits per heavy atom. The molecule has 5 heteroatoms. The fourth-order valence-corrected chi connectivity index (χ4v) is 2.18. The van der Waals surface area contributed by atoms with Gasteiger partial charge in [-0.05, 0) is 25.1 Å². The summed E-state index contributed by atoms with van der Waals surface area (Å²) in [5.74, 6) is 1.19. The molecule has 3 heterocycles. The number of nitrogens with zero attached hydrogens (tertiary/aromatic N) is 3. The highest BCUT2D eigenvalue weighted by atomic mass is 16.4. The van der Waals surface area contributed by atoms with Crippen LogP contribution in [0.15, 0.2) is 39.3 Å². The summed E-state index contributed by atoms with van der Waals surface area (Å²) in [5.41, 5.74) is 4.76. The topological polar surface area (TPSA) is 65.0 Å². The average Bonchev–Trinajstić information content (AvgIpc) is 2.97. The molecule has 4 aromatic rings. The minimum Gasteiger partial charge on any atom is -0.441 e. The molecule has 0 fully saturated rings. The van der Waals surface area contributed by atoms with Crippen molar-refractivity contribution in [3.05, 3.63) is 42.0 Å². The summed E-state index contributed by atoms with van der Waals surface area (Å²) in [7, 11) is 0. The van der Waals surface area contributed by atoms with Gasteiger partial charge in [-0.2, -0.15) is 0 Å². The summed E-state index contributed by atoms with van der Waals surface area (Å²) < 4.78 is 11.3. The standard InChI is InChI=1S/C15H11N3O2/c1-8-3-4-10(7-16-8)15-18-12-5-11-13(6-14(12)20-15)19-9(2)17-11/h3-7H,1-2H3. The molecule has 1 aromatic carbocycles. The summed E-state index contributed by atoms with van der Waals surface area (Å²) in [6, 6.07) is 7.57. The van der Waals surface area contributed by atoms with Crippen molar-refractivity contribution < 1.29 is 8.83 Å². The molecular weight excluding hydrogens is 254 g/mol. The van der Waals surface area contributed by atoms with Gasteiger partial charge in [0, 0.05) is 24.9 Å².